The van der Waals surface area contributed by atoms with Crippen LogP contribution in [0.15, 0.2) is 42.5 Å². The average Bonchev–Trinajstić information content (AvgIpc) is 3.18. The van der Waals surface area contributed by atoms with Gasteiger partial charge in [0.05, 0.1) is 13.7 Å². The van der Waals surface area contributed by atoms with Crippen LogP contribution in [0.25, 0.3) is 0 Å². The minimum atomic E-state index is -0.902. The van der Waals surface area contributed by atoms with Crippen LogP contribution in [0.3, 0.4) is 0 Å². The van der Waals surface area contributed by atoms with Crippen LogP contribution < -0.4 is 10.5 Å². The summed E-state index contributed by atoms with van der Waals surface area (Å²) in [6.45, 7) is 10.3. The quantitative estimate of drug-likeness (QED) is 0.451. The van der Waals surface area contributed by atoms with E-state index in [1.54, 1.807) is 12.1 Å². The average molecular weight is 496 g/mol. The van der Waals surface area contributed by atoms with Crippen LogP contribution in [-0.4, -0.2) is 52.8 Å². The predicted molar refractivity (Wildman–Crippen MR) is 137 cm³/mol. The largest absolute Gasteiger partial charge is 0.489 e. The van der Waals surface area contributed by atoms with Gasteiger partial charge in [-0.25, -0.2) is 0 Å². The minimum absolute atomic E-state index is 0.00428. The van der Waals surface area contributed by atoms with Gasteiger partial charge in [0.15, 0.2) is 0 Å². The molecule has 0 saturated carbocycles. The monoisotopic (exact) mass is 495 g/mol. The predicted octanol–water partition coefficient (Wildman–Crippen LogP) is 3.65. The van der Waals surface area contributed by atoms with Crippen molar-refractivity contribution in [3.8, 4) is 5.75 Å². The molecular formula is C28H37N3O5. The summed E-state index contributed by atoms with van der Waals surface area (Å²) >= 11 is 0. The Morgan fingerprint density at radius 3 is 2.25 bits per heavy atom. The first-order valence-electron chi connectivity index (χ1n) is 12.4. The van der Waals surface area contributed by atoms with E-state index in [1.165, 1.54) is 17.6 Å². The van der Waals surface area contributed by atoms with Crippen LogP contribution in [0.2, 0.25) is 0 Å². The summed E-state index contributed by atoms with van der Waals surface area (Å²) in [5.41, 5.74) is 9.03. The van der Waals surface area contributed by atoms with Crippen LogP contribution in [-0.2, 0) is 34.0 Å². The number of amides is 2. The third-order valence-corrected chi connectivity index (χ3v) is 6.62. The molecule has 36 heavy (non-hydrogen) atoms. The maximum Gasteiger partial charge on any atom is 0.305 e. The molecule has 8 nitrogen and oxygen atoms in total. The summed E-state index contributed by atoms with van der Waals surface area (Å²) < 4.78 is 10.8. The highest BCUT2D eigenvalue weighted by molar-refractivity contribution is 6.01. The number of benzene rings is 2. The molecule has 1 aliphatic rings. The Kier molecular flexibility index (Phi) is 9.09. The van der Waals surface area contributed by atoms with Crippen molar-refractivity contribution in [3.63, 3.8) is 0 Å². The van der Waals surface area contributed by atoms with Gasteiger partial charge in [-0.3, -0.25) is 19.3 Å². The number of nitrogens with two attached hydrogens (primary N) is 1. The Bertz CT molecular complexity index is 1070. The molecule has 0 spiro atoms. The number of hydrogen-bond donors (Lipinski definition) is 1. The topological polar surface area (TPSA) is 102 Å². The first kappa shape index (κ1) is 27.2. The van der Waals surface area contributed by atoms with Gasteiger partial charge in [0.2, 0.25) is 5.91 Å². The van der Waals surface area contributed by atoms with Gasteiger partial charge in [0, 0.05) is 36.2 Å². The summed E-state index contributed by atoms with van der Waals surface area (Å²) in [5, 5.41) is 0. The lowest BCUT2D eigenvalue weighted by molar-refractivity contribution is -0.141. The molecule has 1 aliphatic heterocycles. The summed E-state index contributed by atoms with van der Waals surface area (Å²) in [4.78, 5) is 40.5. The van der Waals surface area contributed by atoms with Crippen LogP contribution in [0.1, 0.15) is 67.6 Å². The van der Waals surface area contributed by atoms with E-state index in [2.05, 4.69) is 61.6 Å². The standard InChI is InChI=1S/C28H37N3O5/c1-18(2)30(19(3)4)15-20-9-11-21(12-10-20)17-36-25-8-6-7-22-23(25)16-31(28(22)34)24(27(29)33)13-14-26(32)35-5/h6-12,18-19,24H,13-17H2,1-5H3,(H2,29,33). The fourth-order valence-corrected chi connectivity index (χ4v) is 4.60. The van der Waals surface area contributed by atoms with E-state index in [0.717, 1.165) is 12.1 Å². The van der Waals surface area contributed by atoms with Gasteiger partial charge in [-0.15, -0.1) is 0 Å². The van der Waals surface area contributed by atoms with Crippen molar-refractivity contribution < 1.29 is 23.9 Å². The molecule has 0 aromatic heterocycles. The number of rotatable bonds is 12. The lowest BCUT2D eigenvalue weighted by Crippen LogP contribution is -2.45. The molecular weight excluding hydrogens is 458 g/mol. The van der Waals surface area contributed by atoms with Gasteiger partial charge in [0.25, 0.3) is 5.91 Å². The number of methoxy groups -OCH3 is 1. The van der Waals surface area contributed by atoms with Crippen molar-refractivity contribution in [2.75, 3.05) is 7.11 Å². The Morgan fingerprint density at radius 1 is 1.03 bits per heavy atom. The summed E-state index contributed by atoms with van der Waals surface area (Å²) in [5.74, 6) is -0.819. The van der Waals surface area contributed by atoms with Crippen LogP contribution in [0.4, 0.5) is 0 Å². The molecule has 2 amide bonds. The number of nitrogens with zero attached hydrogens (tertiary/aromatic N) is 2. The molecule has 2 aromatic carbocycles. The number of primary amides is 1. The molecule has 0 aliphatic carbocycles. The first-order chi connectivity index (χ1) is 17.1. The van der Waals surface area contributed by atoms with E-state index in [9.17, 15) is 14.4 Å². The van der Waals surface area contributed by atoms with Gasteiger partial charge >= 0.3 is 5.97 Å². The molecule has 3 rings (SSSR count). The molecule has 0 radical (unpaired) electrons. The van der Waals surface area contributed by atoms with Crippen LogP contribution in [0, 0.1) is 0 Å². The molecule has 1 atom stereocenters. The third kappa shape index (κ3) is 6.43. The zero-order chi connectivity index (χ0) is 26.4. The Balaban J connectivity index is 1.68. The van der Waals surface area contributed by atoms with E-state index in [1.807, 2.05) is 6.07 Å². The highest BCUT2D eigenvalue weighted by Gasteiger charge is 2.37. The third-order valence-electron chi connectivity index (χ3n) is 6.62. The fraction of sp³-hybridized carbons (Fsp3) is 0.464. The van der Waals surface area contributed by atoms with Gasteiger partial charge < -0.3 is 20.1 Å². The number of esters is 1. The van der Waals surface area contributed by atoms with Gasteiger partial charge in [-0.2, -0.15) is 0 Å². The van der Waals surface area contributed by atoms with Crippen molar-refractivity contribution in [2.45, 2.75) is 78.4 Å². The summed E-state index contributed by atoms with van der Waals surface area (Å²) in [6, 6.07) is 13.7. The molecule has 194 valence electrons. The van der Waals surface area contributed by atoms with Crippen LogP contribution >= 0.6 is 0 Å². The number of hydrogen-bond acceptors (Lipinski definition) is 6. The van der Waals surface area contributed by atoms with Crippen molar-refractivity contribution in [3.05, 3.63) is 64.7 Å². The van der Waals surface area contributed by atoms with Crippen molar-refractivity contribution in [2.24, 2.45) is 5.73 Å². The minimum Gasteiger partial charge on any atom is -0.489 e. The summed E-state index contributed by atoms with van der Waals surface area (Å²) in [7, 11) is 1.28. The van der Waals surface area contributed by atoms with E-state index in [0.29, 0.717) is 35.6 Å². The number of carbonyl (C=O) groups excluding carboxylic acids is 3. The van der Waals surface area contributed by atoms with Crippen molar-refractivity contribution in [1.82, 2.24) is 9.80 Å². The van der Waals surface area contributed by atoms with Gasteiger partial charge in [-0.1, -0.05) is 30.3 Å². The van der Waals surface area contributed by atoms with Gasteiger partial charge in [0.1, 0.15) is 18.4 Å². The molecule has 2 aromatic rings. The fourth-order valence-electron chi connectivity index (χ4n) is 4.60. The molecule has 8 heteroatoms. The second-order valence-electron chi connectivity index (χ2n) is 9.71. The van der Waals surface area contributed by atoms with E-state index in [-0.39, 0.29) is 25.3 Å². The second kappa shape index (κ2) is 12.0. The molecule has 1 unspecified atom stereocenters. The van der Waals surface area contributed by atoms with Crippen molar-refractivity contribution >= 4 is 17.8 Å². The highest BCUT2D eigenvalue weighted by atomic mass is 16.5. The number of ether oxygens (including phenoxy) is 2. The van der Waals surface area contributed by atoms with E-state index in [4.69, 9.17) is 10.5 Å². The highest BCUT2D eigenvalue weighted by Crippen LogP contribution is 2.33. The zero-order valence-electron chi connectivity index (χ0n) is 21.8. The van der Waals surface area contributed by atoms with Crippen LogP contribution in [0.5, 0.6) is 5.75 Å². The maximum absolute atomic E-state index is 13.0. The Morgan fingerprint density at radius 2 is 1.67 bits per heavy atom. The molecule has 0 saturated heterocycles. The zero-order valence-corrected chi connectivity index (χ0v) is 21.8. The SMILES string of the molecule is COC(=O)CCC(C(N)=O)N1Cc2c(OCc3ccc(CN(C(C)C)C(C)C)cc3)cccc2C1=O. The summed E-state index contributed by atoms with van der Waals surface area (Å²) in [6.07, 6.45) is 0.102. The molecule has 0 fully saturated rings. The van der Waals surface area contributed by atoms with Gasteiger partial charge in [-0.05, 0) is 57.4 Å². The maximum atomic E-state index is 13.0. The lowest BCUT2D eigenvalue weighted by Gasteiger charge is -2.30. The lowest BCUT2D eigenvalue weighted by atomic mass is 10.1. The Hall–Kier alpha value is -3.39. The number of carbonyl (C=O) groups is 3. The molecule has 0 bridgehead atoms. The number of fused-ring (bicyclic) bond motifs is 1. The normalized spacial score (nSPS) is 13.9. The second-order valence-corrected chi connectivity index (χ2v) is 9.71. The van der Waals surface area contributed by atoms with E-state index >= 15 is 0 Å². The molecule has 1 heterocycles. The smallest absolute Gasteiger partial charge is 0.305 e. The van der Waals surface area contributed by atoms with Crippen molar-refractivity contribution in [1.29, 1.82) is 0 Å². The Labute approximate surface area is 213 Å². The first-order valence-corrected chi connectivity index (χ1v) is 12.4. The molecule has 2 N–H and O–H groups in total. The van der Waals surface area contributed by atoms with E-state index < -0.39 is 17.9 Å².